The molecule has 0 atom stereocenters. The van der Waals surface area contributed by atoms with Crippen molar-refractivity contribution >= 4 is 5.95 Å². The van der Waals surface area contributed by atoms with Gasteiger partial charge in [-0.2, -0.15) is 0 Å². The molecule has 15 heavy (non-hydrogen) atoms. The molecule has 3 heteroatoms. The summed E-state index contributed by atoms with van der Waals surface area (Å²) in [5, 5.41) is 3.19. The van der Waals surface area contributed by atoms with Crippen molar-refractivity contribution in [2.45, 2.75) is 33.1 Å². The predicted molar refractivity (Wildman–Crippen MR) is 62.7 cm³/mol. The number of anilines is 1. The summed E-state index contributed by atoms with van der Waals surface area (Å²) in [5.74, 6) is 3.34. The monoisotopic (exact) mass is 203 g/mol. The Morgan fingerprint density at radius 3 is 2.53 bits per heavy atom. The van der Waals surface area contributed by atoms with Crippen LogP contribution in [0, 0.1) is 26.2 Å². The standard InChI is InChI=1S/C12H17N3/c1-4-5-6-7-8-13-12-14-10(2)9-11(3)15-12/h1,9H,5-8H2,2-3H3,(H,13,14,15). The molecule has 0 unspecified atom stereocenters. The van der Waals surface area contributed by atoms with E-state index in [-0.39, 0.29) is 0 Å². The Labute approximate surface area is 91.3 Å². The summed E-state index contributed by atoms with van der Waals surface area (Å²) in [7, 11) is 0. The van der Waals surface area contributed by atoms with E-state index in [2.05, 4.69) is 21.2 Å². The molecule has 1 aromatic rings. The number of terminal acetylenes is 1. The first kappa shape index (κ1) is 11.5. The van der Waals surface area contributed by atoms with Crippen LogP contribution in [0.2, 0.25) is 0 Å². The summed E-state index contributed by atoms with van der Waals surface area (Å²) >= 11 is 0. The third-order valence-corrected chi connectivity index (χ3v) is 2.01. The number of hydrogen-bond donors (Lipinski definition) is 1. The molecule has 0 fully saturated rings. The average molecular weight is 203 g/mol. The number of hydrogen-bond acceptors (Lipinski definition) is 3. The zero-order valence-electron chi connectivity index (χ0n) is 9.38. The maximum atomic E-state index is 5.17. The van der Waals surface area contributed by atoms with Crippen LogP contribution in [0.5, 0.6) is 0 Å². The fourth-order valence-electron chi connectivity index (χ4n) is 1.36. The van der Waals surface area contributed by atoms with E-state index >= 15 is 0 Å². The van der Waals surface area contributed by atoms with Gasteiger partial charge in [0, 0.05) is 24.4 Å². The van der Waals surface area contributed by atoms with Gasteiger partial charge >= 0.3 is 0 Å². The van der Waals surface area contributed by atoms with Gasteiger partial charge in [0.15, 0.2) is 0 Å². The van der Waals surface area contributed by atoms with Gasteiger partial charge in [0.2, 0.25) is 5.95 Å². The lowest BCUT2D eigenvalue weighted by Crippen LogP contribution is -2.06. The minimum atomic E-state index is 0.716. The summed E-state index contributed by atoms with van der Waals surface area (Å²) in [6.45, 7) is 4.82. The van der Waals surface area contributed by atoms with Crippen molar-refractivity contribution < 1.29 is 0 Å². The van der Waals surface area contributed by atoms with Crippen LogP contribution in [-0.4, -0.2) is 16.5 Å². The first-order chi connectivity index (χ1) is 7.22. The van der Waals surface area contributed by atoms with Crippen LogP contribution < -0.4 is 5.32 Å². The minimum absolute atomic E-state index is 0.716. The molecule has 1 aromatic heterocycles. The van der Waals surface area contributed by atoms with E-state index in [0.29, 0.717) is 5.95 Å². The van der Waals surface area contributed by atoms with E-state index in [1.165, 1.54) is 0 Å². The quantitative estimate of drug-likeness (QED) is 0.589. The lowest BCUT2D eigenvalue weighted by atomic mass is 10.2. The van der Waals surface area contributed by atoms with Crippen LogP contribution in [0.25, 0.3) is 0 Å². The second-order valence-electron chi connectivity index (χ2n) is 3.56. The van der Waals surface area contributed by atoms with Crippen molar-refractivity contribution in [1.29, 1.82) is 0 Å². The molecule has 0 aromatic carbocycles. The SMILES string of the molecule is C#CCCCCNc1nc(C)cc(C)n1. The van der Waals surface area contributed by atoms with Crippen molar-refractivity contribution in [1.82, 2.24) is 9.97 Å². The lowest BCUT2D eigenvalue weighted by Gasteiger charge is -2.05. The Morgan fingerprint density at radius 2 is 1.93 bits per heavy atom. The van der Waals surface area contributed by atoms with Gasteiger partial charge in [-0.05, 0) is 32.8 Å². The smallest absolute Gasteiger partial charge is 0.223 e. The molecule has 0 saturated heterocycles. The topological polar surface area (TPSA) is 37.8 Å². The van der Waals surface area contributed by atoms with E-state index in [1.54, 1.807) is 0 Å². The summed E-state index contributed by atoms with van der Waals surface area (Å²) in [6, 6.07) is 1.96. The Kier molecular flexibility index (Phi) is 4.62. The van der Waals surface area contributed by atoms with Gasteiger partial charge in [-0.25, -0.2) is 9.97 Å². The fraction of sp³-hybridized carbons (Fsp3) is 0.500. The molecule has 1 heterocycles. The molecule has 0 amide bonds. The number of aryl methyl sites for hydroxylation is 2. The Bertz CT molecular complexity index is 332. The van der Waals surface area contributed by atoms with E-state index in [1.807, 2.05) is 19.9 Å². The molecule has 0 aliphatic carbocycles. The van der Waals surface area contributed by atoms with Gasteiger partial charge in [0.1, 0.15) is 0 Å². The van der Waals surface area contributed by atoms with Crippen molar-refractivity contribution in [2.75, 3.05) is 11.9 Å². The zero-order chi connectivity index (χ0) is 11.1. The molecule has 0 spiro atoms. The summed E-state index contributed by atoms with van der Waals surface area (Å²) in [4.78, 5) is 8.58. The normalized spacial score (nSPS) is 9.67. The third kappa shape index (κ3) is 4.46. The highest BCUT2D eigenvalue weighted by molar-refractivity contribution is 5.27. The van der Waals surface area contributed by atoms with E-state index in [4.69, 9.17) is 6.42 Å². The van der Waals surface area contributed by atoms with Crippen LogP contribution in [0.3, 0.4) is 0 Å². The van der Waals surface area contributed by atoms with Crippen molar-refractivity contribution in [3.8, 4) is 12.3 Å². The maximum absolute atomic E-state index is 5.17. The Hall–Kier alpha value is -1.56. The Balaban J connectivity index is 2.34. The van der Waals surface area contributed by atoms with Gasteiger partial charge in [0.25, 0.3) is 0 Å². The van der Waals surface area contributed by atoms with Gasteiger partial charge in [0.05, 0.1) is 0 Å². The van der Waals surface area contributed by atoms with Crippen LogP contribution in [0.1, 0.15) is 30.7 Å². The highest BCUT2D eigenvalue weighted by Gasteiger charge is 1.97. The number of nitrogens with one attached hydrogen (secondary N) is 1. The average Bonchev–Trinajstić information content (AvgIpc) is 2.16. The van der Waals surface area contributed by atoms with Gasteiger partial charge in [-0.15, -0.1) is 12.3 Å². The number of nitrogens with zero attached hydrogens (tertiary/aromatic N) is 2. The molecule has 3 nitrogen and oxygen atoms in total. The van der Waals surface area contributed by atoms with E-state index < -0.39 is 0 Å². The molecular formula is C12H17N3. The van der Waals surface area contributed by atoms with E-state index in [9.17, 15) is 0 Å². The van der Waals surface area contributed by atoms with E-state index in [0.717, 1.165) is 37.2 Å². The molecule has 0 radical (unpaired) electrons. The van der Waals surface area contributed by atoms with Crippen molar-refractivity contribution in [3.63, 3.8) is 0 Å². The van der Waals surface area contributed by atoms with Gasteiger partial charge < -0.3 is 5.32 Å². The van der Waals surface area contributed by atoms with Crippen molar-refractivity contribution in [2.24, 2.45) is 0 Å². The summed E-state index contributed by atoms with van der Waals surface area (Å²) in [6.07, 6.45) is 8.12. The molecule has 1 rings (SSSR count). The number of unbranched alkanes of at least 4 members (excludes halogenated alkanes) is 2. The fourth-order valence-corrected chi connectivity index (χ4v) is 1.36. The second-order valence-corrected chi connectivity index (χ2v) is 3.56. The highest BCUT2D eigenvalue weighted by Crippen LogP contribution is 2.04. The summed E-state index contributed by atoms with van der Waals surface area (Å²) < 4.78 is 0. The van der Waals surface area contributed by atoms with Crippen LogP contribution in [-0.2, 0) is 0 Å². The molecule has 0 aliphatic heterocycles. The lowest BCUT2D eigenvalue weighted by molar-refractivity contribution is 0.783. The Morgan fingerprint density at radius 1 is 1.27 bits per heavy atom. The number of rotatable bonds is 5. The predicted octanol–water partition coefficient (Wildman–Crippen LogP) is 2.31. The first-order valence-corrected chi connectivity index (χ1v) is 5.22. The van der Waals surface area contributed by atoms with Crippen LogP contribution >= 0.6 is 0 Å². The minimum Gasteiger partial charge on any atom is -0.354 e. The van der Waals surface area contributed by atoms with Gasteiger partial charge in [-0.3, -0.25) is 0 Å². The molecule has 80 valence electrons. The first-order valence-electron chi connectivity index (χ1n) is 5.22. The molecule has 0 aliphatic rings. The second kappa shape index (κ2) is 6.02. The third-order valence-electron chi connectivity index (χ3n) is 2.01. The molecular weight excluding hydrogens is 186 g/mol. The van der Waals surface area contributed by atoms with Crippen LogP contribution in [0.4, 0.5) is 5.95 Å². The maximum Gasteiger partial charge on any atom is 0.223 e. The summed E-state index contributed by atoms with van der Waals surface area (Å²) in [5.41, 5.74) is 1.99. The number of aromatic nitrogens is 2. The van der Waals surface area contributed by atoms with Gasteiger partial charge in [-0.1, -0.05) is 0 Å². The zero-order valence-corrected chi connectivity index (χ0v) is 9.38. The molecule has 0 saturated carbocycles. The molecule has 0 bridgehead atoms. The van der Waals surface area contributed by atoms with Crippen molar-refractivity contribution in [3.05, 3.63) is 17.5 Å². The molecule has 1 N–H and O–H groups in total. The van der Waals surface area contributed by atoms with Crippen LogP contribution in [0.15, 0.2) is 6.07 Å². The highest BCUT2D eigenvalue weighted by atomic mass is 15.1. The largest absolute Gasteiger partial charge is 0.354 e.